The molecule has 1 atom stereocenters. The fourth-order valence-corrected chi connectivity index (χ4v) is 4.98. The smallest absolute Gasteiger partial charge is 0.251 e. The molecule has 34 heavy (non-hydrogen) atoms. The van der Waals surface area contributed by atoms with Crippen LogP contribution in [0.4, 0.5) is 5.69 Å². The quantitative estimate of drug-likeness (QED) is 0.485. The van der Waals surface area contributed by atoms with Crippen LogP contribution in [0.3, 0.4) is 0 Å². The molecule has 2 aromatic carbocycles. The van der Waals surface area contributed by atoms with Crippen LogP contribution in [0.15, 0.2) is 66.0 Å². The minimum atomic E-state index is -0.659. The molecule has 1 N–H and O–H groups in total. The van der Waals surface area contributed by atoms with E-state index in [0.717, 1.165) is 47.8 Å². The van der Waals surface area contributed by atoms with E-state index < -0.39 is 6.04 Å². The zero-order valence-corrected chi connectivity index (χ0v) is 20.5. The highest BCUT2D eigenvalue weighted by atomic mass is 32.1. The number of methoxy groups -OCH3 is 1. The Morgan fingerprint density at radius 3 is 2.50 bits per heavy atom. The number of rotatable bonds is 9. The minimum Gasteiger partial charge on any atom is -0.495 e. The summed E-state index contributed by atoms with van der Waals surface area (Å²) >= 11 is 1.62. The Kier molecular flexibility index (Phi) is 7.85. The summed E-state index contributed by atoms with van der Waals surface area (Å²) in [4.78, 5) is 31.6. The van der Waals surface area contributed by atoms with Crippen LogP contribution >= 0.6 is 11.3 Å². The van der Waals surface area contributed by atoms with Gasteiger partial charge in [-0.15, -0.1) is 11.3 Å². The van der Waals surface area contributed by atoms with E-state index in [-0.39, 0.29) is 11.8 Å². The number of hydrogen-bond donors (Lipinski definition) is 1. The second-order valence-electron chi connectivity index (χ2n) is 8.54. The van der Waals surface area contributed by atoms with Crippen LogP contribution in [0.1, 0.15) is 40.6 Å². The highest BCUT2D eigenvalue weighted by Crippen LogP contribution is 2.32. The molecule has 1 saturated heterocycles. The number of nitrogens with zero attached hydrogens (tertiary/aromatic N) is 2. The molecule has 0 saturated carbocycles. The molecule has 178 valence electrons. The molecule has 4 rings (SSSR count). The van der Waals surface area contributed by atoms with Gasteiger partial charge in [-0.05, 0) is 55.0 Å². The number of nitrogens with one attached hydrogen (secondary N) is 1. The molecule has 0 spiro atoms. The maximum Gasteiger partial charge on any atom is 0.251 e. The second-order valence-corrected chi connectivity index (χ2v) is 9.57. The summed E-state index contributed by atoms with van der Waals surface area (Å²) in [7, 11) is 1.64. The number of benzene rings is 2. The summed E-state index contributed by atoms with van der Waals surface area (Å²) < 4.78 is 5.52. The van der Waals surface area contributed by atoms with Gasteiger partial charge in [-0.2, -0.15) is 0 Å². The summed E-state index contributed by atoms with van der Waals surface area (Å²) in [6.45, 7) is 4.64. The molecule has 2 heterocycles. The third kappa shape index (κ3) is 5.78. The van der Waals surface area contributed by atoms with Crippen LogP contribution in [-0.2, 0) is 17.9 Å². The molecule has 6 nitrogen and oxygen atoms in total. The third-order valence-electron chi connectivity index (χ3n) is 6.06. The lowest BCUT2D eigenvalue weighted by Crippen LogP contribution is -2.46. The van der Waals surface area contributed by atoms with E-state index >= 15 is 0 Å². The lowest BCUT2D eigenvalue weighted by molar-refractivity contribution is -0.134. The predicted molar refractivity (Wildman–Crippen MR) is 136 cm³/mol. The van der Waals surface area contributed by atoms with Gasteiger partial charge in [-0.3, -0.25) is 9.59 Å². The van der Waals surface area contributed by atoms with Crippen LogP contribution in [0, 0.1) is 0 Å². The van der Waals surface area contributed by atoms with Gasteiger partial charge in [-0.25, -0.2) is 0 Å². The maximum atomic E-state index is 13.4. The summed E-state index contributed by atoms with van der Waals surface area (Å²) in [6, 6.07) is 18.7. The van der Waals surface area contributed by atoms with Crippen molar-refractivity contribution in [1.82, 2.24) is 10.2 Å². The monoisotopic (exact) mass is 477 g/mol. The van der Waals surface area contributed by atoms with Crippen molar-refractivity contribution in [2.75, 3.05) is 25.1 Å². The van der Waals surface area contributed by atoms with E-state index in [4.69, 9.17) is 4.74 Å². The van der Waals surface area contributed by atoms with Gasteiger partial charge in [0, 0.05) is 30.1 Å². The molecular weight excluding hydrogens is 446 g/mol. The van der Waals surface area contributed by atoms with E-state index in [1.165, 1.54) is 0 Å². The van der Waals surface area contributed by atoms with Gasteiger partial charge >= 0.3 is 0 Å². The molecule has 1 aromatic heterocycles. The molecule has 0 unspecified atom stereocenters. The van der Waals surface area contributed by atoms with Crippen molar-refractivity contribution in [3.05, 3.63) is 82.0 Å². The number of carbonyl (C=O) groups is 2. The van der Waals surface area contributed by atoms with Gasteiger partial charge in [0.1, 0.15) is 11.8 Å². The van der Waals surface area contributed by atoms with Crippen molar-refractivity contribution >= 4 is 28.8 Å². The summed E-state index contributed by atoms with van der Waals surface area (Å²) in [5.41, 5.74) is 2.50. The minimum absolute atomic E-state index is 0.112. The van der Waals surface area contributed by atoms with E-state index in [0.29, 0.717) is 18.7 Å². The van der Waals surface area contributed by atoms with Crippen LogP contribution in [0.2, 0.25) is 0 Å². The Labute approximate surface area is 205 Å². The highest BCUT2D eigenvalue weighted by molar-refractivity contribution is 7.09. The number of hydrogen-bond acceptors (Lipinski definition) is 5. The molecule has 3 aromatic rings. The van der Waals surface area contributed by atoms with E-state index in [1.54, 1.807) is 36.3 Å². The van der Waals surface area contributed by atoms with Crippen molar-refractivity contribution in [3.8, 4) is 5.75 Å². The molecule has 2 amide bonds. The normalized spacial score (nSPS) is 14.0. The zero-order valence-electron chi connectivity index (χ0n) is 19.7. The Morgan fingerprint density at radius 1 is 1.06 bits per heavy atom. The molecule has 0 bridgehead atoms. The molecule has 7 heteroatoms. The Bertz CT molecular complexity index is 1100. The van der Waals surface area contributed by atoms with Crippen molar-refractivity contribution in [2.24, 2.45) is 0 Å². The van der Waals surface area contributed by atoms with Crippen LogP contribution in [-0.4, -0.2) is 43.0 Å². The van der Waals surface area contributed by atoms with Gasteiger partial charge in [0.25, 0.3) is 5.91 Å². The molecular formula is C27H31N3O3S. The number of carbonyl (C=O) groups excluding carboxylic acids is 2. The molecule has 1 aliphatic rings. The largest absolute Gasteiger partial charge is 0.495 e. The summed E-state index contributed by atoms with van der Waals surface area (Å²) in [5, 5.41) is 4.92. The average molecular weight is 478 g/mol. The molecule has 0 radical (unpaired) electrons. The first kappa shape index (κ1) is 23.8. The predicted octanol–water partition coefficient (Wildman–Crippen LogP) is 4.70. The fourth-order valence-electron chi connectivity index (χ4n) is 4.26. The van der Waals surface area contributed by atoms with Crippen molar-refractivity contribution < 1.29 is 14.3 Å². The first-order chi connectivity index (χ1) is 16.5. The summed E-state index contributed by atoms with van der Waals surface area (Å²) in [6.07, 6.45) is 2.26. The van der Waals surface area contributed by atoms with Crippen LogP contribution in [0.25, 0.3) is 0 Å². The molecule has 0 aliphatic carbocycles. The van der Waals surface area contributed by atoms with Gasteiger partial charge < -0.3 is 19.9 Å². The number of ether oxygens (including phenoxy) is 1. The zero-order chi connectivity index (χ0) is 23.9. The van der Waals surface area contributed by atoms with Gasteiger partial charge in [-0.1, -0.05) is 36.4 Å². The lowest BCUT2D eigenvalue weighted by atomic mass is 10.1. The number of anilines is 1. The second kappa shape index (κ2) is 11.2. The maximum absolute atomic E-state index is 13.4. The summed E-state index contributed by atoms with van der Waals surface area (Å²) in [5.74, 6) is 0.381. The first-order valence-corrected chi connectivity index (χ1v) is 12.5. The Morgan fingerprint density at radius 2 is 1.82 bits per heavy atom. The molecule has 1 fully saturated rings. The Hall–Kier alpha value is -3.32. The van der Waals surface area contributed by atoms with Crippen LogP contribution < -0.4 is 15.0 Å². The topological polar surface area (TPSA) is 61.9 Å². The van der Waals surface area contributed by atoms with E-state index in [1.807, 2.05) is 60.0 Å². The van der Waals surface area contributed by atoms with Crippen molar-refractivity contribution in [3.63, 3.8) is 0 Å². The highest BCUT2D eigenvalue weighted by Gasteiger charge is 2.24. The molecule has 1 aliphatic heterocycles. The third-order valence-corrected chi connectivity index (χ3v) is 6.92. The van der Waals surface area contributed by atoms with Gasteiger partial charge in [0.15, 0.2) is 0 Å². The van der Waals surface area contributed by atoms with Gasteiger partial charge in [0.05, 0.1) is 19.3 Å². The van der Waals surface area contributed by atoms with E-state index in [9.17, 15) is 9.59 Å². The SMILES string of the molecule is COc1ccc(C(=O)N[C@@H](C)C(=O)N(Cc2ccccc2)Cc2cccs2)cc1N1CCCC1. The van der Waals surface area contributed by atoms with E-state index in [2.05, 4.69) is 10.2 Å². The first-order valence-electron chi connectivity index (χ1n) is 11.6. The van der Waals surface area contributed by atoms with Crippen molar-refractivity contribution in [1.29, 1.82) is 0 Å². The Balaban J connectivity index is 1.48. The number of amides is 2. The average Bonchev–Trinajstić information content (AvgIpc) is 3.58. The van der Waals surface area contributed by atoms with Gasteiger partial charge in [0.2, 0.25) is 5.91 Å². The standard InChI is InChI=1S/C27H31N3O3S/c1-20(27(32)30(19-23-11-8-16-34-23)18-21-9-4-3-5-10-21)28-26(31)22-12-13-25(33-2)24(17-22)29-14-6-7-15-29/h3-5,8-13,16-17,20H,6-7,14-15,18-19H2,1-2H3,(H,28,31)/t20-/m0/s1. The number of thiophene rings is 1. The lowest BCUT2D eigenvalue weighted by Gasteiger charge is -2.26. The fraction of sp³-hybridized carbons (Fsp3) is 0.333. The van der Waals surface area contributed by atoms with Crippen LogP contribution in [0.5, 0.6) is 5.75 Å². The van der Waals surface area contributed by atoms with Crippen molar-refractivity contribution in [2.45, 2.75) is 38.9 Å².